The fraction of sp³-hybridized carbons (Fsp3) is 0.381. The van der Waals surface area contributed by atoms with E-state index in [1.807, 2.05) is 50.2 Å². The first kappa shape index (κ1) is 20.0. The Morgan fingerprint density at radius 3 is 2.40 bits per heavy atom. The molecule has 0 aliphatic carbocycles. The van der Waals surface area contributed by atoms with Gasteiger partial charge in [0.1, 0.15) is 0 Å². The minimum atomic E-state index is -0.0908. The molecule has 0 radical (unpaired) electrons. The Morgan fingerprint density at radius 2 is 1.77 bits per heavy atom. The third kappa shape index (κ3) is 4.46. The molecule has 1 aromatic carbocycles. The number of carbonyl (C=O) groups excluding carboxylic acids is 1. The average molecular weight is 407 g/mol. The number of piperazine rings is 1. The normalized spacial score (nSPS) is 14.7. The van der Waals surface area contributed by atoms with Crippen LogP contribution in [0.1, 0.15) is 21.9 Å². The van der Waals surface area contributed by atoms with Gasteiger partial charge in [-0.1, -0.05) is 35.0 Å². The van der Waals surface area contributed by atoms with Crippen LogP contribution in [0.4, 0.5) is 5.82 Å². The molecule has 1 amide bonds. The molecule has 0 bridgehead atoms. The Morgan fingerprint density at radius 1 is 1.03 bits per heavy atom. The highest BCUT2D eigenvalue weighted by molar-refractivity contribution is 5.92. The van der Waals surface area contributed by atoms with Crippen molar-refractivity contribution in [2.75, 3.05) is 45.2 Å². The molecule has 0 saturated carbocycles. The molecule has 0 spiro atoms. The van der Waals surface area contributed by atoms with E-state index in [4.69, 9.17) is 4.52 Å². The molecule has 2 aromatic heterocycles. The molecule has 1 aliphatic heterocycles. The number of nitrogens with zero attached hydrogens (tertiary/aromatic N) is 7. The molecular weight excluding hydrogens is 382 g/mol. The largest absolute Gasteiger partial charge is 0.361 e. The van der Waals surface area contributed by atoms with Crippen LogP contribution in [0.25, 0.3) is 11.4 Å². The lowest BCUT2D eigenvalue weighted by Crippen LogP contribution is -2.48. The standard InChI is InChI=1S/C21H25N7O2/c1-15-4-6-16(7-5-15)20-22-19(30-25-20)14-27-10-12-28(13-11-27)21(29)17-8-9-18(24-23-17)26(2)3/h4-9H,10-14H2,1-3H3. The van der Waals surface area contributed by atoms with E-state index in [2.05, 4.69) is 25.2 Å². The van der Waals surface area contributed by atoms with Crippen molar-refractivity contribution >= 4 is 11.7 Å². The summed E-state index contributed by atoms with van der Waals surface area (Å²) in [5.74, 6) is 1.81. The first-order valence-corrected chi connectivity index (χ1v) is 9.92. The lowest BCUT2D eigenvalue weighted by Gasteiger charge is -2.33. The highest BCUT2D eigenvalue weighted by Crippen LogP contribution is 2.17. The third-order valence-corrected chi connectivity index (χ3v) is 5.12. The minimum Gasteiger partial charge on any atom is -0.361 e. The van der Waals surface area contributed by atoms with Gasteiger partial charge in [0.2, 0.25) is 11.7 Å². The van der Waals surface area contributed by atoms with Gasteiger partial charge < -0.3 is 14.3 Å². The van der Waals surface area contributed by atoms with Gasteiger partial charge in [-0.05, 0) is 19.1 Å². The monoisotopic (exact) mass is 407 g/mol. The summed E-state index contributed by atoms with van der Waals surface area (Å²) >= 11 is 0. The van der Waals surface area contributed by atoms with E-state index in [0.717, 1.165) is 24.5 Å². The van der Waals surface area contributed by atoms with Gasteiger partial charge in [-0.25, -0.2) is 0 Å². The lowest BCUT2D eigenvalue weighted by atomic mass is 10.1. The molecule has 30 heavy (non-hydrogen) atoms. The second kappa shape index (κ2) is 8.58. The number of benzene rings is 1. The van der Waals surface area contributed by atoms with Crippen molar-refractivity contribution in [2.24, 2.45) is 0 Å². The van der Waals surface area contributed by atoms with Crippen LogP contribution in [0.2, 0.25) is 0 Å². The summed E-state index contributed by atoms with van der Waals surface area (Å²) < 4.78 is 5.42. The van der Waals surface area contributed by atoms with Crippen molar-refractivity contribution in [3.8, 4) is 11.4 Å². The first-order chi connectivity index (χ1) is 14.5. The second-order valence-corrected chi connectivity index (χ2v) is 7.62. The van der Waals surface area contributed by atoms with Gasteiger partial charge in [-0.2, -0.15) is 4.98 Å². The topological polar surface area (TPSA) is 91.5 Å². The number of aromatic nitrogens is 4. The zero-order valence-corrected chi connectivity index (χ0v) is 17.4. The molecule has 0 atom stereocenters. The molecule has 1 saturated heterocycles. The second-order valence-electron chi connectivity index (χ2n) is 7.62. The average Bonchev–Trinajstić information content (AvgIpc) is 3.23. The van der Waals surface area contributed by atoms with Crippen LogP contribution in [-0.4, -0.2) is 76.3 Å². The van der Waals surface area contributed by atoms with Crippen LogP contribution in [0.5, 0.6) is 0 Å². The molecule has 1 fully saturated rings. The van der Waals surface area contributed by atoms with E-state index >= 15 is 0 Å². The zero-order valence-electron chi connectivity index (χ0n) is 17.4. The van der Waals surface area contributed by atoms with Crippen LogP contribution in [-0.2, 0) is 6.54 Å². The summed E-state index contributed by atoms with van der Waals surface area (Å²) in [6.45, 7) is 5.32. The SMILES string of the molecule is Cc1ccc(-c2noc(CN3CCN(C(=O)c4ccc(N(C)C)nn4)CC3)n2)cc1. The molecule has 9 nitrogen and oxygen atoms in total. The number of carbonyl (C=O) groups is 1. The van der Waals surface area contributed by atoms with E-state index in [1.54, 1.807) is 17.0 Å². The number of anilines is 1. The third-order valence-electron chi connectivity index (χ3n) is 5.12. The Kier molecular flexibility index (Phi) is 5.71. The lowest BCUT2D eigenvalue weighted by molar-refractivity contribution is 0.0608. The fourth-order valence-electron chi connectivity index (χ4n) is 3.28. The maximum absolute atomic E-state index is 12.7. The van der Waals surface area contributed by atoms with Crippen molar-refractivity contribution in [3.63, 3.8) is 0 Å². The van der Waals surface area contributed by atoms with Gasteiger partial charge in [-0.15, -0.1) is 10.2 Å². The van der Waals surface area contributed by atoms with Crippen LogP contribution in [0.3, 0.4) is 0 Å². The highest BCUT2D eigenvalue weighted by Gasteiger charge is 2.24. The number of amides is 1. The molecule has 3 heterocycles. The number of hydrogen-bond donors (Lipinski definition) is 0. The van der Waals surface area contributed by atoms with Crippen LogP contribution < -0.4 is 4.90 Å². The van der Waals surface area contributed by atoms with Gasteiger partial charge in [0, 0.05) is 45.8 Å². The van der Waals surface area contributed by atoms with Gasteiger partial charge in [0.25, 0.3) is 5.91 Å². The molecule has 156 valence electrons. The summed E-state index contributed by atoms with van der Waals surface area (Å²) in [7, 11) is 3.77. The smallest absolute Gasteiger partial charge is 0.274 e. The quantitative estimate of drug-likeness (QED) is 0.633. The minimum absolute atomic E-state index is 0.0908. The van der Waals surface area contributed by atoms with Gasteiger partial charge >= 0.3 is 0 Å². The van der Waals surface area contributed by atoms with Crippen molar-refractivity contribution in [3.05, 3.63) is 53.5 Å². The molecule has 4 rings (SSSR count). The molecular formula is C21H25N7O2. The first-order valence-electron chi connectivity index (χ1n) is 9.92. The van der Waals surface area contributed by atoms with Crippen LogP contribution in [0, 0.1) is 6.92 Å². The molecule has 0 unspecified atom stereocenters. The summed E-state index contributed by atoms with van der Waals surface area (Å²) in [6.07, 6.45) is 0. The van der Waals surface area contributed by atoms with Gasteiger partial charge in [-0.3, -0.25) is 9.69 Å². The van der Waals surface area contributed by atoms with Crippen molar-refractivity contribution in [2.45, 2.75) is 13.5 Å². The van der Waals surface area contributed by atoms with E-state index in [9.17, 15) is 4.79 Å². The summed E-state index contributed by atoms with van der Waals surface area (Å²) in [5, 5.41) is 12.2. The fourth-order valence-corrected chi connectivity index (χ4v) is 3.28. The maximum atomic E-state index is 12.7. The van der Waals surface area contributed by atoms with E-state index in [1.165, 1.54) is 5.56 Å². The Bertz CT molecular complexity index is 991. The summed E-state index contributed by atoms with van der Waals surface area (Å²) in [6, 6.07) is 11.6. The van der Waals surface area contributed by atoms with Gasteiger partial charge in [0.15, 0.2) is 11.5 Å². The van der Waals surface area contributed by atoms with Gasteiger partial charge in [0.05, 0.1) is 6.54 Å². The maximum Gasteiger partial charge on any atom is 0.274 e. The van der Waals surface area contributed by atoms with Crippen molar-refractivity contribution in [1.82, 2.24) is 30.1 Å². The zero-order chi connectivity index (χ0) is 21.1. The Balaban J connectivity index is 1.31. The number of aryl methyl sites for hydroxylation is 1. The van der Waals surface area contributed by atoms with Crippen LogP contribution in [0.15, 0.2) is 40.9 Å². The predicted octanol–water partition coefficient (Wildman–Crippen LogP) is 1.86. The van der Waals surface area contributed by atoms with E-state index in [-0.39, 0.29) is 5.91 Å². The molecule has 9 heteroatoms. The molecule has 1 aliphatic rings. The predicted molar refractivity (Wildman–Crippen MR) is 112 cm³/mol. The molecule has 3 aromatic rings. The Hall–Kier alpha value is -3.33. The summed E-state index contributed by atoms with van der Waals surface area (Å²) in [5.41, 5.74) is 2.50. The van der Waals surface area contributed by atoms with Crippen molar-refractivity contribution < 1.29 is 9.32 Å². The molecule has 0 N–H and O–H groups in total. The van der Waals surface area contributed by atoms with Crippen LogP contribution >= 0.6 is 0 Å². The summed E-state index contributed by atoms with van der Waals surface area (Å²) in [4.78, 5) is 23.0. The van der Waals surface area contributed by atoms with E-state index < -0.39 is 0 Å². The Labute approximate surface area is 175 Å². The van der Waals surface area contributed by atoms with E-state index in [0.29, 0.717) is 37.0 Å². The number of hydrogen-bond acceptors (Lipinski definition) is 8. The highest BCUT2D eigenvalue weighted by atomic mass is 16.5. The number of rotatable bonds is 5. The van der Waals surface area contributed by atoms with Crippen molar-refractivity contribution in [1.29, 1.82) is 0 Å².